The van der Waals surface area contributed by atoms with Gasteiger partial charge in [0.15, 0.2) is 12.2 Å². The van der Waals surface area contributed by atoms with Gasteiger partial charge in [0.1, 0.15) is 6.04 Å². The number of hydrogen-bond acceptors (Lipinski definition) is 4. The quantitative estimate of drug-likeness (QED) is 0.851. The van der Waals surface area contributed by atoms with Crippen LogP contribution in [-0.4, -0.2) is 28.0 Å². The van der Waals surface area contributed by atoms with E-state index in [1.807, 2.05) is 6.92 Å². The van der Waals surface area contributed by atoms with Crippen molar-refractivity contribution in [3.63, 3.8) is 0 Å². The van der Waals surface area contributed by atoms with Crippen LogP contribution in [0.3, 0.4) is 0 Å². The number of nitrogens with one attached hydrogen (secondary N) is 1. The molecule has 0 aliphatic rings. The second kappa shape index (κ2) is 6.69. The number of aliphatic carboxylic acids is 1. The molecule has 1 unspecified atom stereocenters. The fraction of sp³-hybridized carbons (Fsp3) is 0.267. The second-order valence-electron chi connectivity index (χ2n) is 4.60. The van der Waals surface area contributed by atoms with Crippen LogP contribution in [0.2, 0.25) is 0 Å². The average Bonchev–Trinajstić information content (AvgIpc) is 3.01. The Balaban J connectivity index is 2.07. The van der Waals surface area contributed by atoms with E-state index >= 15 is 0 Å². The molecule has 1 aromatic carbocycles. The van der Waals surface area contributed by atoms with Gasteiger partial charge in [0.25, 0.3) is 5.91 Å². The third-order valence-corrected chi connectivity index (χ3v) is 3.04. The Bertz CT molecular complexity index is 605. The van der Waals surface area contributed by atoms with Crippen LogP contribution in [0.4, 0.5) is 0 Å². The molecule has 110 valence electrons. The number of carbonyl (C=O) groups excluding carboxylic acids is 1. The second-order valence-corrected chi connectivity index (χ2v) is 4.60. The van der Waals surface area contributed by atoms with Crippen LogP contribution < -0.4 is 5.32 Å². The van der Waals surface area contributed by atoms with E-state index in [-0.39, 0.29) is 0 Å². The number of carboxylic acid groups (broad SMARTS) is 1. The molecule has 0 radical (unpaired) electrons. The minimum absolute atomic E-state index is 0.400. The Morgan fingerprint density at radius 2 is 2.05 bits per heavy atom. The van der Waals surface area contributed by atoms with E-state index in [1.165, 1.54) is 6.39 Å². The van der Waals surface area contributed by atoms with Crippen molar-refractivity contribution in [3.05, 3.63) is 42.4 Å². The minimum atomic E-state index is -1.02. The molecule has 1 aromatic heterocycles. The van der Waals surface area contributed by atoms with E-state index in [9.17, 15) is 9.59 Å². The fourth-order valence-corrected chi connectivity index (χ4v) is 1.93. The number of rotatable bonds is 6. The Hall–Kier alpha value is -2.63. The predicted molar refractivity (Wildman–Crippen MR) is 75.7 cm³/mol. The van der Waals surface area contributed by atoms with Crippen molar-refractivity contribution in [2.45, 2.75) is 25.8 Å². The molecule has 0 bridgehead atoms. The highest BCUT2D eigenvalue weighted by Gasteiger charge is 2.19. The summed E-state index contributed by atoms with van der Waals surface area (Å²) in [5.74, 6) is -0.820. The molecule has 6 heteroatoms. The van der Waals surface area contributed by atoms with Crippen LogP contribution in [-0.2, 0) is 4.79 Å². The number of oxazole rings is 1. The van der Waals surface area contributed by atoms with E-state index in [4.69, 9.17) is 9.52 Å². The van der Waals surface area contributed by atoms with Gasteiger partial charge in [-0.1, -0.05) is 25.5 Å². The maximum Gasteiger partial charge on any atom is 0.326 e. The summed E-state index contributed by atoms with van der Waals surface area (Å²) in [7, 11) is 0. The number of carboxylic acids is 1. The fourth-order valence-electron chi connectivity index (χ4n) is 1.93. The van der Waals surface area contributed by atoms with Crippen LogP contribution in [0.25, 0.3) is 11.3 Å². The summed E-state index contributed by atoms with van der Waals surface area (Å²) in [6.45, 7) is 1.87. The highest BCUT2D eigenvalue weighted by Crippen LogP contribution is 2.18. The molecule has 6 nitrogen and oxygen atoms in total. The third-order valence-electron chi connectivity index (χ3n) is 3.04. The molecule has 1 amide bonds. The molecule has 0 aliphatic carbocycles. The van der Waals surface area contributed by atoms with Crippen molar-refractivity contribution >= 4 is 11.9 Å². The smallest absolute Gasteiger partial charge is 0.326 e. The van der Waals surface area contributed by atoms with Crippen molar-refractivity contribution in [1.29, 1.82) is 0 Å². The zero-order chi connectivity index (χ0) is 15.2. The zero-order valence-corrected chi connectivity index (χ0v) is 11.6. The summed E-state index contributed by atoms with van der Waals surface area (Å²) in [4.78, 5) is 26.9. The SMILES string of the molecule is CCCC(NC(=O)c1ccc(-c2cnco2)cc1)C(=O)O. The lowest BCUT2D eigenvalue weighted by Gasteiger charge is -2.13. The molecule has 21 heavy (non-hydrogen) atoms. The summed E-state index contributed by atoms with van der Waals surface area (Å²) in [5.41, 5.74) is 1.20. The van der Waals surface area contributed by atoms with Gasteiger partial charge in [-0.3, -0.25) is 4.79 Å². The van der Waals surface area contributed by atoms with E-state index in [0.29, 0.717) is 24.2 Å². The van der Waals surface area contributed by atoms with Crippen molar-refractivity contribution < 1.29 is 19.1 Å². The number of amides is 1. The van der Waals surface area contributed by atoms with Gasteiger partial charge in [-0.25, -0.2) is 9.78 Å². The van der Waals surface area contributed by atoms with Crippen LogP contribution in [0.15, 0.2) is 41.3 Å². The van der Waals surface area contributed by atoms with Gasteiger partial charge in [-0.15, -0.1) is 0 Å². The lowest BCUT2D eigenvalue weighted by molar-refractivity contribution is -0.139. The van der Waals surface area contributed by atoms with Crippen molar-refractivity contribution in [2.75, 3.05) is 0 Å². The number of benzene rings is 1. The monoisotopic (exact) mass is 288 g/mol. The average molecular weight is 288 g/mol. The number of carbonyl (C=O) groups is 2. The molecule has 0 aliphatic heterocycles. The Kier molecular flexibility index (Phi) is 4.71. The molecule has 2 rings (SSSR count). The third kappa shape index (κ3) is 3.68. The molecule has 0 saturated heterocycles. The first-order chi connectivity index (χ1) is 10.1. The largest absolute Gasteiger partial charge is 0.480 e. The van der Waals surface area contributed by atoms with Gasteiger partial charge in [0, 0.05) is 11.1 Å². The molecule has 1 atom stereocenters. The zero-order valence-electron chi connectivity index (χ0n) is 11.6. The van der Waals surface area contributed by atoms with E-state index in [1.54, 1.807) is 30.5 Å². The first-order valence-corrected chi connectivity index (χ1v) is 6.64. The molecule has 0 saturated carbocycles. The molecule has 1 heterocycles. The Labute approximate surface area is 121 Å². The maximum atomic E-state index is 12.0. The summed E-state index contributed by atoms with van der Waals surface area (Å²) in [5, 5.41) is 11.5. The summed E-state index contributed by atoms with van der Waals surface area (Å²) in [6.07, 6.45) is 3.99. The minimum Gasteiger partial charge on any atom is -0.480 e. The maximum absolute atomic E-state index is 12.0. The van der Waals surface area contributed by atoms with Gasteiger partial charge in [-0.05, 0) is 18.6 Å². The van der Waals surface area contributed by atoms with Crippen LogP contribution >= 0.6 is 0 Å². The van der Waals surface area contributed by atoms with Crippen LogP contribution in [0, 0.1) is 0 Å². The van der Waals surface area contributed by atoms with E-state index in [2.05, 4.69) is 10.3 Å². The van der Waals surface area contributed by atoms with Gasteiger partial charge >= 0.3 is 5.97 Å². The summed E-state index contributed by atoms with van der Waals surface area (Å²) < 4.78 is 5.16. The van der Waals surface area contributed by atoms with Crippen molar-refractivity contribution in [2.24, 2.45) is 0 Å². The van der Waals surface area contributed by atoms with Gasteiger partial charge in [-0.2, -0.15) is 0 Å². The molecule has 2 aromatic rings. The van der Waals surface area contributed by atoms with Gasteiger partial charge in [0.2, 0.25) is 0 Å². The molecular formula is C15H16N2O4. The summed E-state index contributed by atoms with van der Waals surface area (Å²) in [6, 6.07) is 5.84. The molecule has 0 fully saturated rings. The van der Waals surface area contributed by atoms with Crippen LogP contribution in [0.1, 0.15) is 30.1 Å². The van der Waals surface area contributed by atoms with Crippen LogP contribution in [0.5, 0.6) is 0 Å². The van der Waals surface area contributed by atoms with E-state index < -0.39 is 17.9 Å². The standard InChI is InChI=1S/C15H16N2O4/c1-2-3-12(15(19)20)17-14(18)11-6-4-10(5-7-11)13-8-16-9-21-13/h4-9,12H,2-3H2,1H3,(H,17,18)(H,19,20). The summed E-state index contributed by atoms with van der Waals surface area (Å²) >= 11 is 0. The van der Waals surface area contributed by atoms with E-state index in [0.717, 1.165) is 5.56 Å². The molecular weight excluding hydrogens is 272 g/mol. The van der Waals surface area contributed by atoms with Gasteiger partial charge < -0.3 is 14.8 Å². The first-order valence-electron chi connectivity index (χ1n) is 6.64. The molecule has 0 spiro atoms. The molecule has 2 N–H and O–H groups in total. The Morgan fingerprint density at radius 3 is 2.57 bits per heavy atom. The van der Waals surface area contributed by atoms with Crippen molar-refractivity contribution in [3.8, 4) is 11.3 Å². The highest BCUT2D eigenvalue weighted by atomic mass is 16.4. The predicted octanol–water partition coefficient (Wildman–Crippen LogP) is 2.32. The normalized spacial score (nSPS) is 11.9. The first kappa shape index (κ1) is 14.8. The van der Waals surface area contributed by atoms with Crippen molar-refractivity contribution in [1.82, 2.24) is 10.3 Å². The topological polar surface area (TPSA) is 92.4 Å². The number of aromatic nitrogens is 1. The lowest BCUT2D eigenvalue weighted by atomic mass is 10.1. The number of nitrogens with zero attached hydrogens (tertiary/aromatic N) is 1. The Morgan fingerprint density at radius 1 is 1.33 bits per heavy atom. The highest BCUT2D eigenvalue weighted by molar-refractivity contribution is 5.96. The lowest BCUT2D eigenvalue weighted by Crippen LogP contribution is -2.40. The number of hydrogen-bond donors (Lipinski definition) is 2. The van der Waals surface area contributed by atoms with Gasteiger partial charge in [0.05, 0.1) is 6.20 Å².